The third kappa shape index (κ3) is 5.66. The van der Waals surface area contributed by atoms with E-state index in [4.69, 9.17) is 4.74 Å². The van der Waals surface area contributed by atoms with Crippen LogP contribution in [0.3, 0.4) is 0 Å². The molecule has 1 aliphatic rings. The number of hydrogen-bond donors (Lipinski definition) is 2. The number of ether oxygens (including phenoxy) is 1. The molecule has 1 fully saturated rings. The van der Waals surface area contributed by atoms with E-state index < -0.39 is 13.4 Å². The first kappa shape index (κ1) is 25.6. The van der Waals surface area contributed by atoms with Gasteiger partial charge in [-0.2, -0.15) is 0 Å². The average molecular weight is 501 g/mol. The summed E-state index contributed by atoms with van der Waals surface area (Å²) in [6.45, 7) is 5.50. The fraction of sp³-hybridized carbons (Fsp3) is 0.357. The molecule has 35 heavy (non-hydrogen) atoms. The van der Waals surface area contributed by atoms with E-state index in [9.17, 15) is 18.7 Å². The van der Waals surface area contributed by atoms with Crippen molar-refractivity contribution in [2.75, 3.05) is 0 Å². The van der Waals surface area contributed by atoms with Crippen LogP contribution in [0.1, 0.15) is 61.6 Å². The number of benzene rings is 3. The summed E-state index contributed by atoms with van der Waals surface area (Å²) < 4.78 is 47.3. The van der Waals surface area contributed by atoms with E-state index in [0.29, 0.717) is 33.9 Å². The lowest BCUT2D eigenvalue weighted by Crippen LogP contribution is -2.12. The molecule has 2 N–H and O–H groups in total. The van der Waals surface area contributed by atoms with E-state index in [0.717, 1.165) is 24.3 Å². The average Bonchev–Trinajstić information content (AvgIpc) is 2.81. The Bertz CT molecular complexity index is 1250. The lowest BCUT2D eigenvalue weighted by molar-refractivity contribution is 0.318. The second kappa shape index (κ2) is 10.2. The lowest BCUT2D eigenvalue weighted by atomic mass is 9.77. The van der Waals surface area contributed by atoms with E-state index >= 15 is 4.39 Å². The van der Waals surface area contributed by atoms with Crippen molar-refractivity contribution in [3.63, 3.8) is 0 Å². The largest absolute Gasteiger partial charge is 0.454 e. The van der Waals surface area contributed by atoms with Gasteiger partial charge in [0.15, 0.2) is 11.6 Å². The molecule has 0 atom stereocenters. The SMILES string of the molecule is CC[C@H]1CC[C@H](c2ccc(-c3ccc(Oc4c(C)cc(P(=O)(O)O)cc4C)c(F)c3)c(F)c2)CC1. The van der Waals surface area contributed by atoms with Gasteiger partial charge in [0.1, 0.15) is 11.6 Å². The van der Waals surface area contributed by atoms with Crippen molar-refractivity contribution in [3.8, 4) is 22.6 Å². The van der Waals surface area contributed by atoms with Crippen molar-refractivity contribution in [2.24, 2.45) is 5.92 Å². The minimum Gasteiger partial charge on any atom is -0.454 e. The second-order valence-corrected chi connectivity index (χ2v) is 11.2. The van der Waals surface area contributed by atoms with Crippen molar-refractivity contribution in [3.05, 3.63) is 76.9 Å². The zero-order valence-electron chi connectivity index (χ0n) is 20.2. The first-order valence-electron chi connectivity index (χ1n) is 12.0. The zero-order chi connectivity index (χ0) is 25.3. The van der Waals surface area contributed by atoms with Crippen LogP contribution in [-0.2, 0) is 4.57 Å². The van der Waals surface area contributed by atoms with Gasteiger partial charge in [-0.25, -0.2) is 8.78 Å². The Labute approximate surface area is 205 Å². The van der Waals surface area contributed by atoms with E-state index in [1.165, 1.54) is 43.5 Å². The van der Waals surface area contributed by atoms with Crippen molar-refractivity contribution >= 4 is 12.9 Å². The van der Waals surface area contributed by atoms with Gasteiger partial charge in [0.2, 0.25) is 0 Å². The van der Waals surface area contributed by atoms with Gasteiger partial charge in [0.25, 0.3) is 0 Å². The molecule has 0 aliphatic heterocycles. The number of rotatable bonds is 6. The van der Waals surface area contributed by atoms with Gasteiger partial charge in [0, 0.05) is 5.56 Å². The first-order valence-corrected chi connectivity index (χ1v) is 13.6. The number of halogens is 2. The molecule has 0 spiro atoms. The van der Waals surface area contributed by atoms with Crippen LogP contribution in [0.5, 0.6) is 11.5 Å². The quantitative estimate of drug-likeness (QED) is 0.344. The standard InChI is InChI=1S/C28H31F2O4P/c1-4-19-5-7-20(8-6-19)21-9-11-24(25(29)15-21)22-10-12-27(26(30)16-22)34-28-17(2)13-23(14-18(28)3)35(31,32)33/h9-16,19-20H,4-8H2,1-3H3,(H2,31,32,33)/t19-,20-. The summed E-state index contributed by atoms with van der Waals surface area (Å²) in [6.07, 6.45) is 5.71. The van der Waals surface area contributed by atoms with Gasteiger partial charge >= 0.3 is 7.60 Å². The van der Waals surface area contributed by atoms with E-state index in [2.05, 4.69) is 6.92 Å². The van der Waals surface area contributed by atoms with Crippen LogP contribution in [0.15, 0.2) is 48.5 Å². The third-order valence-electron chi connectivity index (χ3n) is 7.12. The summed E-state index contributed by atoms with van der Waals surface area (Å²) in [5.41, 5.74) is 2.70. The maximum Gasteiger partial charge on any atom is 0.356 e. The molecule has 0 bridgehead atoms. The molecule has 1 saturated carbocycles. The summed E-state index contributed by atoms with van der Waals surface area (Å²) in [7, 11) is -4.41. The van der Waals surface area contributed by atoms with Gasteiger partial charge in [0.05, 0.1) is 5.30 Å². The predicted octanol–water partition coefficient (Wildman–Crippen LogP) is 7.53. The smallest absolute Gasteiger partial charge is 0.356 e. The monoisotopic (exact) mass is 500 g/mol. The van der Waals surface area contributed by atoms with E-state index in [1.807, 2.05) is 6.07 Å². The maximum atomic E-state index is 15.0. The number of aryl methyl sites for hydroxylation is 2. The van der Waals surface area contributed by atoms with Crippen LogP contribution in [-0.4, -0.2) is 9.79 Å². The third-order valence-corrected chi connectivity index (χ3v) is 8.06. The molecule has 0 amide bonds. The summed E-state index contributed by atoms with van der Waals surface area (Å²) >= 11 is 0. The molecule has 0 saturated heterocycles. The molecule has 7 heteroatoms. The highest BCUT2D eigenvalue weighted by Crippen LogP contribution is 2.40. The van der Waals surface area contributed by atoms with Crippen LogP contribution in [0.25, 0.3) is 11.1 Å². The van der Waals surface area contributed by atoms with E-state index in [-0.39, 0.29) is 16.9 Å². The van der Waals surface area contributed by atoms with Gasteiger partial charge in [-0.15, -0.1) is 0 Å². The molecule has 0 heterocycles. The van der Waals surface area contributed by atoms with Crippen molar-refractivity contribution in [1.82, 2.24) is 0 Å². The topological polar surface area (TPSA) is 66.8 Å². The fourth-order valence-corrected chi connectivity index (χ4v) is 5.76. The van der Waals surface area contributed by atoms with Crippen molar-refractivity contribution in [2.45, 2.75) is 58.8 Å². The molecular formula is C28H31F2O4P. The molecule has 3 aromatic rings. The Morgan fingerprint density at radius 1 is 0.914 bits per heavy atom. The maximum absolute atomic E-state index is 15.0. The Balaban J connectivity index is 1.54. The summed E-state index contributed by atoms with van der Waals surface area (Å²) in [6, 6.07) is 12.2. The normalized spacial score (nSPS) is 18.5. The molecule has 186 valence electrons. The summed E-state index contributed by atoms with van der Waals surface area (Å²) in [4.78, 5) is 18.8. The Kier molecular flexibility index (Phi) is 7.46. The minimum absolute atomic E-state index is 0.0476. The van der Waals surface area contributed by atoms with Gasteiger partial charge in [-0.05, 0) is 104 Å². The second-order valence-electron chi connectivity index (χ2n) is 9.57. The molecule has 4 rings (SSSR count). The van der Waals surface area contributed by atoms with E-state index in [1.54, 1.807) is 32.0 Å². The Morgan fingerprint density at radius 2 is 1.57 bits per heavy atom. The molecule has 0 radical (unpaired) electrons. The van der Waals surface area contributed by atoms with Gasteiger partial charge in [-0.1, -0.05) is 31.5 Å². The predicted molar refractivity (Wildman–Crippen MR) is 134 cm³/mol. The lowest BCUT2D eigenvalue weighted by Gasteiger charge is -2.28. The van der Waals surface area contributed by atoms with Crippen LogP contribution < -0.4 is 10.0 Å². The van der Waals surface area contributed by atoms with Crippen LogP contribution in [0, 0.1) is 31.4 Å². The Hall–Kier alpha value is -2.53. The molecular weight excluding hydrogens is 469 g/mol. The van der Waals surface area contributed by atoms with Crippen molar-refractivity contribution in [1.29, 1.82) is 0 Å². The summed E-state index contributed by atoms with van der Waals surface area (Å²) in [5.74, 6) is 0.401. The Morgan fingerprint density at radius 3 is 2.11 bits per heavy atom. The fourth-order valence-electron chi connectivity index (χ4n) is 5.04. The molecule has 0 unspecified atom stereocenters. The molecule has 0 aromatic heterocycles. The highest BCUT2D eigenvalue weighted by atomic mass is 31.2. The van der Waals surface area contributed by atoms with Crippen LogP contribution in [0.4, 0.5) is 8.78 Å². The molecule has 1 aliphatic carbocycles. The van der Waals surface area contributed by atoms with Crippen LogP contribution >= 0.6 is 7.60 Å². The minimum atomic E-state index is -4.41. The highest BCUT2D eigenvalue weighted by Gasteiger charge is 2.23. The first-order chi connectivity index (χ1) is 16.6. The highest BCUT2D eigenvalue weighted by molar-refractivity contribution is 7.60. The number of hydrogen-bond acceptors (Lipinski definition) is 2. The van der Waals surface area contributed by atoms with Crippen LogP contribution in [0.2, 0.25) is 0 Å². The zero-order valence-corrected chi connectivity index (χ0v) is 21.1. The summed E-state index contributed by atoms with van der Waals surface area (Å²) in [5, 5.41) is -0.118. The molecule has 4 nitrogen and oxygen atoms in total. The van der Waals surface area contributed by atoms with Gasteiger partial charge < -0.3 is 14.5 Å². The van der Waals surface area contributed by atoms with Crippen molar-refractivity contribution < 1.29 is 27.9 Å². The molecule has 3 aromatic carbocycles. The van der Waals surface area contributed by atoms with Gasteiger partial charge in [-0.3, -0.25) is 4.57 Å².